The van der Waals surface area contributed by atoms with Crippen molar-refractivity contribution in [2.24, 2.45) is 0 Å². The van der Waals surface area contributed by atoms with E-state index in [1.165, 1.54) is 22.4 Å². The van der Waals surface area contributed by atoms with Crippen molar-refractivity contribution < 1.29 is 0 Å². The second-order valence-corrected chi connectivity index (χ2v) is 8.28. The number of aromatic nitrogens is 3. The van der Waals surface area contributed by atoms with Crippen LogP contribution in [0.4, 0.5) is 0 Å². The molecule has 146 valence electrons. The molecule has 0 aromatic carbocycles. The van der Waals surface area contributed by atoms with Crippen LogP contribution in [0.5, 0.6) is 0 Å². The van der Waals surface area contributed by atoms with Gasteiger partial charge in [0, 0.05) is 41.6 Å². The van der Waals surface area contributed by atoms with E-state index in [2.05, 4.69) is 74.9 Å². The molecule has 3 heteroatoms. The van der Waals surface area contributed by atoms with Crippen LogP contribution in [0.2, 0.25) is 0 Å². The third kappa shape index (κ3) is 5.25. The molecule has 0 spiro atoms. The van der Waals surface area contributed by atoms with Crippen LogP contribution in [0.25, 0.3) is 0 Å². The van der Waals surface area contributed by atoms with Crippen molar-refractivity contribution in [3.05, 3.63) is 88.8 Å². The fraction of sp³-hybridized carbons (Fsp3) is 0.400. The first-order valence-corrected chi connectivity index (χ1v) is 10.2. The Morgan fingerprint density at radius 2 is 1.57 bits per heavy atom. The second-order valence-electron chi connectivity index (χ2n) is 8.28. The van der Waals surface area contributed by atoms with Crippen LogP contribution in [0.1, 0.15) is 79.2 Å². The summed E-state index contributed by atoms with van der Waals surface area (Å²) >= 11 is 0. The maximum Gasteiger partial charge on any atom is 0.0441 e. The molecular formula is C25H31N3. The van der Waals surface area contributed by atoms with E-state index in [0.29, 0.717) is 17.8 Å². The molecule has 0 bridgehead atoms. The van der Waals surface area contributed by atoms with Crippen LogP contribution in [-0.4, -0.2) is 15.0 Å². The van der Waals surface area contributed by atoms with Gasteiger partial charge in [-0.05, 0) is 78.6 Å². The average Bonchev–Trinajstić information content (AvgIpc) is 2.68. The minimum Gasteiger partial charge on any atom is -0.264 e. The zero-order valence-corrected chi connectivity index (χ0v) is 17.7. The topological polar surface area (TPSA) is 38.7 Å². The summed E-state index contributed by atoms with van der Waals surface area (Å²) in [6.45, 7) is 11.0. The summed E-state index contributed by atoms with van der Waals surface area (Å²) in [6.07, 6.45) is 7.72. The third-order valence-corrected chi connectivity index (χ3v) is 5.31. The van der Waals surface area contributed by atoms with E-state index in [1.54, 1.807) is 0 Å². The molecule has 0 aliphatic rings. The molecular weight excluding hydrogens is 342 g/mol. The van der Waals surface area contributed by atoms with Crippen LogP contribution in [0, 0.1) is 6.92 Å². The fourth-order valence-corrected chi connectivity index (χ4v) is 3.67. The number of rotatable bonds is 7. The Kier molecular flexibility index (Phi) is 6.56. The number of hydrogen-bond donors (Lipinski definition) is 0. The molecule has 0 aliphatic heterocycles. The van der Waals surface area contributed by atoms with Gasteiger partial charge in [-0.25, -0.2) is 0 Å². The van der Waals surface area contributed by atoms with E-state index in [9.17, 15) is 0 Å². The lowest BCUT2D eigenvalue weighted by Gasteiger charge is -2.16. The number of pyridine rings is 3. The van der Waals surface area contributed by atoms with Crippen molar-refractivity contribution in [1.82, 2.24) is 15.0 Å². The summed E-state index contributed by atoms with van der Waals surface area (Å²) in [5.41, 5.74) is 7.40. The lowest BCUT2D eigenvalue weighted by Crippen LogP contribution is -2.06. The highest BCUT2D eigenvalue weighted by Gasteiger charge is 2.13. The predicted molar refractivity (Wildman–Crippen MR) is 116 cm³/mol. The van der Waals surface area contributed by atoms with Gasteiger partial charge in [-0.15, -0.1) is 0 Å². The molecule has 0 aliphatic carbocycles. The monoisotopic (exact) mass is 373 g/mol. The highest BCUT2D eigenvalue weighted by atomic mass is 14.7. The minimum absolute atomic E-state index is 0.370. The van der Waals surface area contributed by atoms with E-state index >= 15 is 0 Å². The largest absolute Gasteiger partial charge is 0.264 e. The maximum atomic E-state index is 4.84. The normalized spacial score (nSPS) is 13.5. The number of nitrogens with zero attached hydrogens (tertiary/aromatic N) is 3. The standard InChI is InChI=1S/C25H31N3/c1-17(2)24-14-21(8-10-27-24)12-19(4)25-15-22(13-20(5)28-25)11-18(3)23-7-6-9-26-16-23/h6-10,13-19H,11-12H2,1-5H3. The Hall–Kier alpha value is -2.55. The van der Waals surface area contributed by atoms with Gasteiger partial charge in [0.2, 0.25) is 0 Å². The zero-order valence-electron chi connectivity index (χ0n) is 17.7. The van der Waals surface area contributed by atoms with E-state index in [-0.39, 0.29) is 0 Å². The van der Waals surface area contributed by atoms with Crippen molar-refractivity contribution in [2.45, 2.75) is 65.2 Å². The molecule has 0 saturated carbocycles. The van der Waals surface area contributed by atoms with Crippen molar-refractivity contribution >= 4 is 0 Å². The van der Waals surface area contributed by atoms with Gasteiger partial charge in [-0.2, -0.15) is 0 Å². The lowest BCUT2D eigenvalue weighted by atomic mass is 9.92. The van der Waals surface area contributed by atoms with Crippen molar-refractivity contribution in [3.63, 3.8) is 0 Å². The van der Waals surface area contributed by atoms with Gasteiger partial charge >= 0.3 is 0 Å². The zero-order chi connectivity index (χ0) is 20.1. The highest BCUT2D eigenvalue weighted by molar-refractivity contribution is 5.28. The summed E-state index contributed by atoms with van der Waals surface area (Å²) < 4.78 is 0. The minimum atomic E-state index is 0.370. The first-order chi connectivity index (χ1) is 13.4. The smallest absolute Gasteiger partial charge is 0.0441 e. The van der Waals surface area contributed by atoms with E-state index in [4.69, 9.17) is 4.98 Å². The molecule has 2 atom stereocenters. The highest BCUT2D eigenvalue weighted by Crippen LogP contribution is 2.25. The van der Waals surface area contributed by atoms with Gasteiger partial charge in [-0.1, -0.05) is 33.8 Å². The van der Waals surface area contributed by atoms with Crippen LogP contribution in [-0.2, 0) is 12.8 Å². The molecule has 0 fully saturated rings. The van der Waals surface area contributed by atoms with E-state index in [0.717, 1.165) is 24.2 Å². The lowest BCUT2D eigenvalue weighted by molar-refractivity contribution is 0.709. The first kappa shape index (κ1) is 20.2. The molecule has 2 unspecified atom stereocenters. The average molecular weight is 374 g/mol. The molecule has 0 N–H and O–H groups in total. The Balaban J connectivity index is 1.76. The predicted octanol–water partition coefficient (Wildman–Crippen LogP) is 6.00. The molecule has 3 aromatic rings. The van der Waals surface area contributed by atoms with E-state index < -0.39 is 0 Å². The molecule has 28 heavy (non-hydrogen) atoms. The molecule has 3 aromatic heterocycles. The number of aryl methyl sites for hydroxylation is 1. The molecule has 3 rings (SSSR count). The van der Waals surface area contributed by atoms with Gasteiger partial charge in [0.25, 0.3) is 0 Å². The second kappa shape index (κ2) is 9.09. The maximum absolute atomic E-state index is 4.84. The van der Waals surface area contributed by atoms with Crippen molar-refractivity contribution in [3.8, 4) is 0 Å². The Bertz CT molecular complexity index is 903. The van der Waals surface area contributed by atoms with Gasteiger partial charge in [0.05, 0.1) is 0 Å². The Morgan fingerprint density at radius 3 is 2.29 bits per heavy atom. The summed E-state index contributed by atoms with van der Waals surface area (Å²) in [7, 11) is 0. The SMILES string of the molecule is Cc1cc(CC(C)c2cccnc2)cc(C(C)Cc2ccnc(C(C)C)c2)n1. The van der Waals surface area contributed by atoms with Gasteiger partial charge < -0.3 is 0 Å². The van der Waals surface area contributed by atoms with E-state index in [1.807, 2.05) is 24.7 Å². The summed E-state index contributed by atoms with van der Waals surface area (Å²) in [5.74, 6) is 1.26. The van der Waals surface area contributed by atoms with Gasteiger partial charge in [0.1, 0.15) is 0 Å². The molecule has 0 amide bonds. The quantitative estimate of drug-likeness (QED) is 0.510. The summed E-state index contributed by atoms with van der Waals surface area (Å²) in [4.78, 5) is 13.6. The van der Waals surface area contributed by atoms with Crippen LogP contribution in [0.15, 0.2) is 55.0 Å². The molecule has 3 nitrogen and oxygen atoms in total. The third-order valence-electron chi connectivity index (χ3n) is 5.31. The fourth-order valence-electron chi connectivity index (χ4n) is 3.67. The summed E-state index contributed by atoms with van der Waals surface area (Å²) in [5, 5.41) is 0. The molecule has 3 heterocycles. The Morgan fingerprint density at radius 1 is 0.821 bits per heavy atom. The molecule has 0 saturated heterocycles. The van der Waals surface area contributed by atoms with Crippen LogP contribution >= 0.6 is 0 Å². The van der Waals surface area contributed by atoms with Crippen molar-refractivity contribution in [2.75, 3.05) is 0 Å². The summed E-state index contributed by atoms with van der Waals surface area (Å²) in [6, 6.07) is 13.0. The van der Waals surface area contributed by atoms with Gasteiger partial charge in [0.15, 0.2) is 0 Å². The van der Waals surface area contributed by atoms with Crippen LogP contribution in [0.3, 0.4) is 0 Å². The van der Waals surface area contributed by atoms with Crippen molar-refractivity contribution in [1.29, 1.82) is 0 Å². The number of hydrogen-bond acceptors (Lipinski definition) is 3. The van der Waals surface area contributed by atoms with Gasteiger partial charge in [-0.3, -0.25) is 15.0 Å². The Labute approximate surface area is 169 Å². The first-order valence-electron chi connectivity index (χ1n) is 10.2. The van der Waals surface area contributed by atoms with Crippen LogP contribution < -0.4 is 0 Å². The molecule has 0 radical (unpaired) electrons.